The van der Waals surface area contributed by atoms with Gasteiger partial charge in [-0.25, -0.2) is 0 Å². The van der Waals surface area contributed by atoms with Crippen molar-refractivity contribution >= 4 is 11.8 Å². The van der Waals surface area contributed by atoms with Gasteiger partial charge in [0.2, 0.25) is 11.8 Å². The zero-order valence-corrected chi connectivity index (χ0v) is 18.5. The summed E-state index contributed by atoms with van der Waals surface area (Å²) in [7, 11) is 0. The van der Waals surface area contributed by atoms with E-state index in [1.165, 1.54) is 0 Å². The summed E-state index contributed by atoms with van der Waals surface area (Å²) in [5.41, 5.74) is -0.808. The number of hydrogen-bond donors (Lipinski definition) is 3. The molecule has 0 saturated heterocycles. The number of aliphatic hydroxyl groups is 1. The van der Waals surface area contributed by atoms with Crippen molar-refractivity contribution in [2.24, 2.45) is 22.7 Å². The van der Waals surface area contributed by atoms with E-state index in [1.54, 1.807) is 6.26 Å². The van der Waals surface area contributed by atoms with Crippen molar-refractivity contribution < 1.29 is 19.1 Å². The standard InChI is InChI=1S/C24H36N2O4/c1-22(2)14-19(26-21(28)16-6-7-16)24(11-10-23(3,29)13-18(22)24)9-8-20(27)25-15-17-5-4-12-30-17/h4-5,12,16,18-19,29H,6-11,13-15H2,1-3H3,(H,25,27)(H,26,28). The summed E-state index contributed by atoms with van der Waals surface area (Å²) in [4.78, 5) is 25.3. The van der Waals surface area contributed by atoms with E-state index in [1.807, 2.05) is 19.1 Å². The molecular formula is C24H36N2O4. The molecule has 0 aliphatic heterocycles. The third kappa shape index (κ3) is 4.29. The normalized spacial score (nSPS) is 34.9. The Balaban J connectivity index is 1.49. The van der Waals surface area contributed by atoms with E-state index >= 15 is 0 Å². The van der Waals surface area contributed by atoms with Crippen LogP contribution in [0.1, 0.15) is 77.9 Å². The Bertz CT molecular complexity index is 781. The Kier molecular flexibility index (Phi) is 5.50. The number of hydrogen-bond acceptors (Lipinski definition) is 4. The number of nitrogens with one attached hydrogen (secondary N) is 2. The van der Waals surface area contributed by atoms with Crippen LogP contribution in [-0.2, 0) is 16.1 Å². The van der Waals surface area contributed by atoms with Gasteiger partial charge < -0.3 is 20.2 Å². The van der Waals surface area contributed by atoms with Crippen molar-refractivity contribution in [2.45, 2.75) is 90.3 Å². The first kappa shape index (κ1) is 21.4. The van der Waals surface area contributed by atoms with E-state index in [4.69, 9.17) is 4.42 Å². The zero-order valence-electron chi connectivity index (χ0n) is 18.5. The van der Waals surface area contributed by atoms with E-state index in [9.17, 15) is 14.7 Å². The predicted octanol–water partition coefficient (Wildman–Crippen LogP) is 3.54. The molecule has 30 heavy (non-hydrogen) atoms. The fourth-order valence-electron chi connectivity index (χ4n) is 6.10. The largest absolute Gasteiger partial charge is 0.467 e. The second-order valence-corrected chi connectivity index (χ2v) is 10.9. The molecule has 1 heterocycles. The van der Waals surface area contributed by atoms with Gasteiger partial charge in [-0.1, -0.05) is 13.8 Å². The monoisotopic (exact) mass is 416 g/mol. The molecule has 3 N–H and O–H groups in total. The predicted molar refractivity (Wildman–Crippen MR) is 113 cm³/mol. The molecule has 0 spiro atoms. The Morgan fingerprint density at radius 1 is 1.20 bits per heavy atom. The van der Waals surface area contributed by atoms with Crippen molar-refractivity contribution in [1.82, 2.24) is 10.6 Å². The number of carbonyl (C=O) groups excluding carboxylic acids is 2. The Hall–Kier alpha value is -1.82. The van der Waals surface area contributed by atoms with Crippen molar-refractivity contribution in [3.63, 3.8) is 0 Å². The highest BCUT2D eigenvalue weighted by molar-refractivity contribution is 5.81. The summed E-state index contributed by atoms with van der Waals surface area (Å²) in [5.74, 6) is 1.37. The number of amides is 2. The van der Waals surface area contributed by atoms with Crippen LogP contribution in [0.4, 0.5) is 0 Å². The highest BCUT2D eigenvalue weighted by Gasteiger charge is 2.61. The first-order valence-electron chi connectivity index (χ1n) is 11.4. The van der Waals surface area contributed by atoms with Crippen LogP contribution in [0, 0.1) is 22.7 Å². The SMILES string of the molecule is CC1(O)CCC2(CCC(=O)NCc3ccco3)C(NC(=O)C3CC3)CC(C)(C)C2C1. The lowest BCUT2D eigenvalue weighted by atomic mass is 9.57. The van der Waals surface area contributed by atoms with E-state index < -0.39 is 5.60 Å². The van der Waals surface area contributed by atoms with E-state index in [0.717, 1.165) is 44.3 Å². The number of carbonyl (C=O) groups is 2. The molecule has 0 radical (unpaired) electrons. The van der Waals surface area contributed by atoms with Gasteiger partial charge in [-0.3, -0.25) is 9.59 Å². The van der Waals surface area contributed by atoms with Crippen LogP contribution in [0.3, 0.4) is 0 Å². The molecule has 166 valence electrons. The molecule has 1 aromatic rings. The van der Waals surface area contributed by atoms with Crippen LogP contribution >= 0.6 is 0 Å². The lowest BCUT2D eigenvalue weighted by Gasteiger charge is -2.50. The summed E-state index contributed by atoms with van der Waals surface area (Å²) in [5, 5.41) is 17.2. The topological polar surface area (TPSA) is 91.6 Å². The van der Waals surface area contributed by atoms with Gasteiger partial charge in [-0.2, -0.15) is 0 Å². The molecule has 3 aliphatic carbocycles. The average Bonchev–Trinajstić information content (AvgIpc) is 3.36. The van der Waals surface area contributed by atoms with Crippen molar-refractivity contribution in [1.29, 1.82) is 0 Å². The molecule has 4 atom stereocenters. The smallest absolute Gasteiger partial charge is 0.223 e. The van der Waals surface area contributed by atoms with Crippen LogP contribution in [0.5, 0.6) is 0 Å². The molecular weight excluding hydrogens is 380 g/mol. The molecule has 3 aliphatic rings. The molecule has 0 bridgehead atoms. The van der Waals surface area contributed by atoms with E-state index in [-0.39, 0.29) is 40.5 Å². The minimum atomic E-state index is -0.678. The van der Waals surface area contributed by atoms with Crippen molar-refractivity contribution in [3.05, 3.63) is 24.2 Å². The quantitative estimate of drug-likeness (QED) is 0.634. The Morgan fingerprint density at radius 2 is 1.97 bits per heavy atom. The number of furan rings is 1. The van der Waals surface area contributed by atoms with Gasteiger partial charge in [0.15, 0.2) is 0 Å². The molecule has 4 rings (SSSR count). The highest BCUT2D eigenvalue weighted by Crippen LogP contribution is 2.64. The fourth-order valence-corrected chi connectivity index (χ4v) is 6.10. The fraction of sp³-hybridized carbons (Fsp3) is 0.750. The minimum Gasteiger partial charge on any atom is -0.467 e. The first-order valence-corrected chi connectivity index (χ1v) is 11.4. The maximum Gasteiger partial charge on any atom is 0.223 e. The van der Waals surface area contributed by atoms with E-state index in [0.29, 0.717) is 19.4 Å². The summed E-state index contributed by atoms with van der Waals surface area (Å²) in [6.07, 6.45) is 7.92. The van der Waals surface area contributed by atoms with Crippen molar-refractivity contribution in [3.8, 4) is 0 Å². The van der Waals surface area contributed by atoms with Crippen LogP contribution < -0.4 is 10.6 Å². The van der Waals surface area contributed by atoms with Crippen LogP contribution in [-0.4, -0.2) is 28.6 Å². The molecule has 6 heteroatoms. The minimum absolute atomic E-state index is 0.00818. The molecule has 3 fully saturated rings. The van der Waals surface area contributed by atoms with Gasteiger partial charge in [0.05, 0.1) is 18.4 Å². The van der Waals surface area contributed by atoms with Gasteiger partial charge in [-0.05, 0) is 80.8 Å². The summed E-state index contributed by atoms with van der Waals surface area (Å²) in [6, 6.07) is 3.73. The van der Waals surface area contributed by atoms with Gasteiger partial charge in [-0.15, -0.1) is 0 Å². The Morgan fingerprint density at radius 3 is 2.63 bits per heavy atom. The molecule has 3 saturated carbocycles. The average molecular weight is 417 g/mol. The summed E-state index contributed by atoms with van der Waals surface area (Å²) in [6.45, 7) is 6.84. The third-order valence-electron chi connectivity index (χ3n) is 7.96. The van der Waals surface area contributed by atoms with Crippen LogP contribution in [0.2, 0.25) is 0 Å². The summed E-state index contributed by atoms with van der Waals surface area (Å²) < 4.78 is 5.30. The molecule has 4 unspecified atom stereocenters. The zero-order chi connectivity index (χ0) is 21.6. The maximum atomic E-state index is 12.6. The molecule has 0 aromatic carbocycles. The molecule has 6 nitrogen and oxygen atoms in total. The first-order chi connectivity index (χ1) is 14.1. The third-order valence-corrected chi connectivity index (χ3v) is 7.96. The Labute approximate surface area is 179 Å². The van der Waals surface area contributed by atoms with E-state index in [2.05, 4.69) is 24.5 Å². The second-order valence-electron chi connectivity index (χ2n) is 10.9. The lowest BCUT2D eigenvalue weighted by molar-refractivity contribution is -0.126. The molecule has 2 amide bonds. The second kappa shape index (κ2) is 7.70. The van der Waals surface area contributed by atoms with Crippen LogP contribution in [0.15, 0.2) is 22.8 Å². The number of rotatable bonds is 7. The number of fused-ring (bicyclic) bond motifs is 1. The molecule has 1 aromatic heterocycles. The van der Waals surface area contributed by atoms with Gasteiger partial charge in [0, 0.05) is 18.4 Å². The van der Waals surface area contributed by atoms with Gasteiger partial charge in [0.1, 0.15) is 5.76 Å². The maximum absolute atomic E-state index is 12.6. The summed E-state index contributed by atoms with van der Waals surface area (Å²) >= 11 is 0. The lowest BCUT2D eigenvalue weighted by Crippen LogP contribution is -2.53. The van der Waals surface area contributed by atoms with Crippen LogP contribution in [0.25, 0.3) is 0 Å². The van der Waals surface area contributed by atoms with Gasteiger partial charge >= 0.3 is 0 Å². The van der Waals surface area contributed by atoms with Crippen molar-refractivity contribution in [2.75, 3.05) is 0 Å². The van der Waals surface area contributed by atoms with Gasteiger partial charge in [0.25, 0.3) is 0 Å². The highest BCUT2D eigenvalue weighted by atomic mass is 16.3.